The summed E-state index contributed by atoms with van der Waals surface area (Å²) in [7, 11) is 0. The van der Waals surface area contributed by atoms with Gasteiger partial charge in [-0.15, -0.1) is 6.58 Å². The highest BCUT2D eigenvalue weighted by Gasteiger charge is 2.50. The van der Waals surface area contributed by atoms with Gasteiger partial charge in [-0.05, 0) is 5.56 Å². The van der Waals surface area contributed by atoms with Crippen molar-refractivity contribution in [2.45, 2.75) is 43.6 Å². The second kappa shape index (κ2) is 9.63. The van der Waals surface area contributed by atoms with Crippen LogP contribution in [0.4, 0.5) is 0 Å². The largest absolute Gasteiger partial charge is 0.385 e. The second-order valence-corrected chi connectivity index (χ2v) is 7.09. The molecule has 1 N–H and O–H groups in total. The van der Waals surface area contributed by atoms with Crippen LogP contribution in [0.2, 0.25) is 0 Å². The zero-order chi connectivity index (χ0) is 20.1. The number of benzene rings is 2. The molecule has 2 aromatic rings. The van der Waals surface area contributed by atoms with Gasteiger partial charge in [0.1, 0.15) is 24.4 Å². The van der Waals surface area contributed by atoms with E-state index in [1.54, 1.807) is 6.08 Å². The molecule has 6 heteroatoms. The van der Waals surface area contributed by atoms with Gasteiger partial charge in [0.25, 0.3) is 0 Å². The van der Waals surface area contributed by atoms with E-state index < -0.39 is 37.0 Å². The predicted octanol–water partition coefficient (Wildman–Crippen LogP) is 2.97. The van der Waals surface area contributed by atoms with Crippen molar-refractivity contribution < 1.29 is 28.8 Å². The first kappa shape index (κ1) is 20.2. The summed E-state index contributed by atoms with van der Waals surface area (Å²) >= 11 is 0. The number of rotatable bonds is 7. The highest BCUT2D eigenvalue weighted by Crippen LogP contribution is 2.35. The number of fused-ring (bicyclic) bond motifs is 1. The van der Waals surface area contributed by atoms with Crippen LogP contribution in [-0.2, 0) is 30.3 Å². The molecule has 2 heterocycles. The van der Waals surface area contributed by atoms with Gasteiger partial charge in [0.05, 0.1) is 19.8 Å². The van der Waals surface area contributed by atoms with Crippen LogP contribution >= 0.6 is 0 Å². The Balaban J connectivity index is 1.47. The molecule has 0 amide bonds. The van der Waals surface area contributed by atoms with E-state index in [-0.39, 0.29) is 6.61 Å². The zero-order valence-corrected chi connectivity index (χ0v) is 16.1. The molecule has 0 radical (unpaired) electrons. The molecule has 29 heavy (non-hydrogen) atoms. The smallest absolute Gasteiger partial charge is 0.187 e. The molecule has 2 aromatic carbocycles. The minimum Gasteiger partial charge on any atom is -0.385 e. The lowest BCUT2D eigenvalue weighted by atomic mass is 9.97. The highest BCUT2D eigenvalue weighted by atomic mass is 16.8. The Hall–Kier alpha value is -2.06. The Bertz CT molecular complexity index is 767. The van der Waals surface area contributed by atoms with Gasteiger partial charge >= 0.3 is 0 Å². The van der Waals surface area contributed by atoms with Gasteiger partial charge in [-0.3, -0.25) is 0 Å². The van der Waals surface area contributed by atoms with Crippen LogP contribution in [-0.4, -0.2) is 49.0 Å². The van der Waals surface area contributed by atoms with Gasteiger partial charge in [-0.1, -0.05) is 66.7 Å². The zero-order valence-electron chi connectivity index (χ0n) is 16.1. The maximum Gasteiger partial charge on any atom is 0.187 e. The summed E-state index contributed by atoms with van der Waals surface area (Å²) in [5, 5.41) is 10.9. The Labute approximate surface area is 170 Å². The van der Waals surface area contributed by atoms with E-state index in [4.69, 9.17) is 23.7 Å². The first-order valence-corrected chi connectivity index (χ1v) is 9.80. The first-order chi connectivity index (χ1) is 14.3. The molecule has 0 saturated carbocycles. The van der Waals surface area contributed by atoms with Crippen LogP contribution in [0.15, 0.2) is 73.3 Å². The van der Waals surface area contributed by atoms with Crippen molar-refractivity contribution in [1.82, 2.24) is 0 Å². The average Bonchev–Trinajstić information content (AvgIpc) is 2.78. The van der Waals surface area contributed by atoms with E-state index >= 15 is 0 Å². The van der Waals surface area contributed by atoms with Crippen molar-refractivity contribution in [3.05, 3.63) is 84.4 Å². The monoisotopic (exact) mass is 398 g/mol. The molecule has 2 aliphatic rings. The third-order valence-electron chi connectivity index (χ3n) is 5.04. The number of aliphatic hydroxyl groups is 1. The van der Waals surface area contributed by atoms with E-state index in [9.17, 15) is 5.11 Å². The van der Waals surface area contributed by atoms with E-state index in [0.717, 1.165) is 11.1 Å². The fourth-order valence-corrected chi connectivity index (χ4v) is 3.60. The van der Waals surface area contributed by atoms with Crippen LogP contribution in [0.25, 0.3) is 0 Å². The maximum atomic E-state index is 10.9. The Kier molecular flexibility index (Phi) is 6.71. The standard InChI is InChI=1S/C23H26O6/c1-2-13-25-21-19(24)23(26-14-16-9-5-3-6-10-16)28-18-15-27-22(29-20(18)21)17-11-7-4-8-12-17/h2-12,18-24H,1,13-15H2/t18-,19-,20-,21-,22-,23-/m1/s1. The highest BCUT2D eigenvalue weighted by molar-refractivity contribution is 5.17. The molecule has 2 aliphatic heterocycles. The van der Waals surface area contributed by atoms with Crippen LogP contribution in [0.3, 0.4) is 0 Å². The number of ether oxygens (including phenoxy) is 5. The molecule has 6 atom stereocenters. The summed E-state index contributed by atoms with van der Waals surface area (Å²) in [5.41, 5.74) is 1.90. The third-order valence-corrected chi connectivity index (χ3v) is 5.04. The molecule has 0 bridgehead atoms. The van der Waals surface area contributed by atoms with Gasteiger partial charge in [0, 0.05) is 5.56 Å². The molecule has 2 fully saturated rings. The maximum absolute atomic E-state index is 10.9. The molecule has 0 aromatic heterocycles. The number of aliphatic hydroxyl groups excluding tert-OH is 1. The normalized spacial score (nSPS) is 31.8. The van der Waals surface area contributed by atoms with Crippen molar-refractivity contribution in [3.8, 4) is 0 Å². The Morgan fingerprint density at radius 2 is 1.72 bits per heavy atom. The van der Waals surface area contributed by atoms with Crippen LogP contribution in [0.1, 0.15) is 17.4 Å². The first-order valence-electron chi connectivity index (χ1n) is 9.80. The molecule has 0 unspecified atom stereocenters. The van der Waals surface area contributed by atoms with E-state index in [0.29, 0.717) is 13.2 Å². The summed E-state index contributed by atoms with van der Waals surface area (Å²) in [6.07, 6.45) is -2.26. The lowest BCUT2D eigenvalue weighted by molar-refractivity contribution is -0.366. The molecule has 0 spiro atoms. The van der Waals surface area contributed by atoms with Crippen molar-refractivity contribution in [2.75, 3.05) is 13.2 Å². The van der Waals surface area contributed by atoms with Crippen LogP contribution in [0.5, 0.6) is 0 Å². The van der Waals surface area contributed by atoms with Crippen molar-refractivity contribution in [2.24, 2.45) is 0 Å². The average molecular weight is 398 g/mol. The molecule has 6 nitrogen and oxygen atoms in total. The number of hydrogen-bond acceptors (Lipinski definition) is 6. The summed E-state index contributed by atoms with van der Waals surface area (Å²) in [4.78, 5) is 0. The van der Waals surface area contributed by atoms with E-state index in [1.807, 2.05) is 60.7 Å². The summed E-state index contributed by atoms with van der Waals surface area (Å²) in [6, 6.07) is 19.4. The van der Waals surface area contributed by atoms with Crippen molar-refractivity contribution >= 4 is 0 Å². The lowest BCUT2D eigenvalue weighted by Crippen LogP contribution is -2.63. The van der Waals surface area contributed by atoms with Gasteiger partial charge < -0.3 is 28.8 Å². The molecule has 0 aliphatic carbocycles. The Morgan fingerprint density at radius 3 is 2.45 bits per heavy atom. The third kappa shape index (κ3) is 4.75. The van der Waals surface area contributed by atoms with Crippen LogP contribution < -0.4 is 0 Å². The second-order valence-electron chi connectivity index (χ2n) is 7.09. The van der Waals surface area contributed by atoms with Gasteiger partial charge in [0.15, 0.2) is 12.6 Å². The predicted molar refractivity (Wildman–Crippen MR) is 106 cm³/mol. The van der Waals surface area contributed by atoms with Gasteiger partial charge in [-0.2, -0.15) is 0 Å². The molecule has 154 valence electrons. The van der Waals surface area contributed by atoms with E-state index in [2.05, 4.69) is 6.58 Å². The van der Waals surface area contributed by atoms with Crippen molar-refractivity contribution in [1.29, 1.82) is 0 Å². The molecular formula is C23H26O6. The molecular weight excluding hydrogens is 372 g/mol. The van der Waals surface area contributed by atoms with Gasteiger partial charge in [-0.25, -0.2) is 0 Å². The SMILES string of the molecule is C=CCO[C@@H]1[C@@H](O)[C@H](OCc2ccccc2)O[C@@H]2CO[C@@H](c3ccccc3)O[C@@H]12. The van der Waals surface area contributed by atoms with Gasteiger partial charge in [0.2, 0.25) is 0 Å². The number of hydrogen-bond donors (Lipinski definition) is 1. The Morgan fingerprint density at radius 1 is 1.00 bits per heavy atom. The summed E-state index contributed by atoms with van der Waals surface area (Å²) in [6.45, 7) is 4.62. The lowest BCUT2D eigenvalue weighted by Gasteiger charge is -2.47. The van der Waals surface area contributed by atoms with Crippen LogP contribution in [0, 0.1) is 0 Å². The van der Waals surface area contributed by atoms with E-state index in [1.165, 1.54) is 0 Å². The molecule has 4 rings (SSSR count). The van der Waals surface area contributed by atoms with Crippen molar-refractivity contribution in [3.63, 3.8) is 0 Å². The minimum atomic E-state index is -1.01. The summed E-state index contributed by atoms with van der Waals surface area (Å²) in [5.74, 6) is 0. The molecule has 2 saturated heterocycles. The quantitative estimate of drug-likeness (QED) is 0.724. The summed E-state index contributed by atoms with van der Waals surface area (Å²) < 4.78 is 29.7. The topological polar surface area (TPSA) is 66.4 Å². The minimum absolute atomic E-state index is 0.288. The fraction of sp³-hybridized carbons (Fsp3) is 0.391. The fourth-order valence-electron chi connectivity index (χ4n) is 3.60.